The van der Waals surface area contributed by atoms with Gasteiger partial charge < -0.3 is 5.32 Å². The fourth-order valence-corrected chi connectivity index (χ4v) is 2.06. The molecule has 0 aliphatic rings. The van der Waals surface area contributed by atoms with E-state index in [1.165, 1.54) is 5.56 Å². The van der Waals surface area contributed by atoms with E-state index < -0.39 is 0 Å². The first-order valence-corrected chi connectivity index (χ1v) is 6.33. The van der Waals surface area contributed by atoms with E-state index in [0.29, 0.717) is 5.15 Å². The standard InChI is InChI=1S/C15H17ClN2/c1-15(2,3)12-6-4-5-7-13(12)18-11-8-9-17-14(16)10-11/h4-10H,1-3H3,(H,17,18). The van der Waals surface area contributed by atoms with Gasteiger partial charge in [-0.3, -0.25) is 0 Å². The molecule has 94 valence electrons. The van der Waals surface area contributed by atoms with Crippen molar-refractivity contribution in [2.24, 2.45) is 0 Å². The first kappa shape index (κ1) is 12.9. The van der Waals surface area contributed by atoms with Crippen LogP contribution in [0.5, 0.6) is 0 Å². The third-order valence-electron chi connectivity index (χ3n) is 2.74. The Morgan fingerprint density at radius 3 is 2.50 bits per heavy atom. The van der Waals surface area contributed by atoms with Crippen molar-refractivity contribution in [1.82, 2.24) is 4.98 Å². The minimum Gasteiger partial charge on any atom is -0.355 e. The number of pyridine rings is 1. The number of hydrogen-bond acceptors (Lipinski definition) is 2. The Morgan fingerprint density at radius 2 is 1.83 bits per heavy atom. The van der Waals surface area contributed by atoms with Gasteiger partial charge in [0.05, 0.1) is 0 Å². The average molecular weight is 261 g/mol. The summed E-state index contributed by atoms with van der Waals surface area (Å²) in [5.74, 6) is 0. The van der Waals surface area contributed by atoms with Gasteiger partial charge in [0, 0.05) is 17.6 Å². The van der Waals surface area contributed by atoms with Crippen LogP contribution in [0.4, 0.5) is 11.4 Å². The van der Waals surface area contributed by atoms with Crippen LogP contribution >= 0.6 is 11.6 Å². The van der Waals surface area contributed by atoms with Gasteiger partial charge in [-0.25, -0.2) is 4.98 Å². The summed E-state index contributed by atoms with van der Waals surface area (Å²) >= 11 is 5.89. The molecule has 0 atom stereocenters. The molecule has 1 aromatic carbocycles. The number of para-hydroxylation sites is 1. The van der Waals surface area contributed by atoms with Crippen LogP contribution in [-0.4, -0.2) is 4.98 Å². The molecule has 0 spiro atoms. The molecular formula is C15H17ClN2. The van der Waals surface area contributed by atoms with Crippen LogP contribution in [0.25, 0.3) is 0 Å². The number of benzene rings is 1. The Hall–Kier alpha value is -1.54. The normalized spacial score (nSPS) is 11.3. The van der Waals surface area contributed by atoms with Crippen LogP contribution < -0.4 is 5.32 Å². The second-order valence-corrected chi connectivity index (χ2v) is 5.68. The number of anilines is 2. The number of hydrogen-bond donors (Lipinski definition) is 1. The summed E-state index contributed by atoms with van der Waals surface area (Å²) in [4.78, 5) is 3.98. The van der Waals surface area contributed by atoms with Crippen LogP contribution in [0.1, 0.15) is 26.3 Å². The molecule has 0 saturated carbocycles. The maximum absolute atomic E-state index is 5.89. The van der Waals surface area contributed by atoms with E-state index >= 15 is 0 Å². The zero-order valence-corrected chi connectivity index (χ0v) is 11.6. The van der Waals surface area contributed by atoms with E-state index in [0.717, 1.165) is 11.4 Å². The Bertz CT molecular complexity index is 544. The van der Waals surface area contributed by atoms with Gasteiger partial charge in [-0.1, -0.05) is 50.6 Å². The number of halogens is 1. The van der Waals surface area contributed by atoms with E-state index in [-0.39, 0.29) is 5.41 Å². The molecule has 0 amide bonds. The summed E-state index contributed by atoms with van der Waals surface area (Å²) in [6, 6.07) is 12.0. The third-order valence-corrected chi connectivity index (χ3v) is 2.95. The van der Waals surface area contributed by atoms with E-state index in [1.54, 1.807) is 6.20 Å². The van der Waals surface area contributed by atoms with Crippen molar-refractivity contribution in [1.29, 1.82) is 0 Å². The Labute approximate surface area is 113 Å². The molecule has 0 bridgehead atoms. The highest BCUT2D eigenvalue weighted by Gasteiger charge is 2.17. The molecule has 1 heterocycles. The third kappa shape index (κ3) is 3.02. The van der Waals surface area contributed by atoms with Crippen LogP contribution in [0.15, 0.2) is 42.6 Å². The average Bonchev–Trinajstić information content (AvgIpc) is 2.28. The number of rotatable bonds is 2. The lowest BCUT2D eigenvalue weighted by Crippen LogP contribution is -2.13. The summed E-state index contributed by atoms with van der Waals surface area (Å²) in [5.41, 5.74) is 3.43. The summed E-state index contributed by atoms with van der Waals surface area (Å²) in [7, 11) is 0. The second kappa shape index (κ2) is 4.99. The van der Waals surface area contributed by atoms with Crippen molar-refractivity contribution in [3.63, 3.8) is 0 Å². The van der Waals surface area contributed by atoms with Gasteiger partial charge in [-0.05, 0) is 29.2 Å². The lowest BCUT2D eigenvalue weighted by atomic mass is 9.86. The Kier molecular flexibility index (Phi) is 3.58. The molecule has 0 aliphatic carbocycles. The number of nitrogens with zero attached hydrogens (tertiary/aromatic N) is 1. The molecule has 18 heavy (non-hydrogen) atoms. The molecule has 2 rings (SSSR count). The monoisotopic (exact) mass is 260 g/mol. The second-order valence-electron chi connectivity index (χ2n) is 5.29. The van der Waals surface area contributed by atoms with Crippen molar-refractivity contribution in [3.05, 3.63) is 53.3 Å². The van der Waals surface area contributed by atoms with Crippen molar-refractivity contribution in [2.75, 3.05) is 5.32 Å². The molecule has 0 unspecified atom stereocenters. The van der Waals surface area contributed by atoms with Gasteiger partial charge in [0.1, 0.15) is 5.15 Å². The largest absolute Gasteiger partial charge is 0.355 e. The lowest BCUT2D eigenvalue weighted by molar-refractivity contribution is 0.592. The number of aromatic nitrogens is 1. The summed E-state index contributed by atoms with van der Waals surface area (Å²) in [6.45, 7) is 6.60. The van der Waals surface area contributed by atoms with Gasteiger partial charge >= 0.3 is 0 Å². The Balaban J connectivity index is 2.35. The SMILES string of the molecule is CC(C)(C)c1ccccc1Nc1ccnc(Cl)c1. The maximum Gasteiger partial charge on any atom is 0.131 e. The Morgan fingerprint density at radius 1 is 1.11 bits per heavy atom. The quantitative estimate of drug-likeness (QED) is 0.787. The maximum atomic E-state index is 5.89. The smallest absolute Gasteiger partial charge is 0.131 e. The fraction of sp³-hybridized carbons (Fsp3) is 0.267. The predicted molar refractivity (Wildman–Crippen MR) is 77.7 cm³/mol. The molecular weight excluding hydrogens is 244 g/mol. The molecule has 0 radical (unpaired) electrons. The highest BCUT2D eigenvalue weighted by atomic mass is 35.5. The van der Waals surface area contributed by atoms with E-state index in [4.69, 9.17) is 11.6 Å². The molecule has 1 N–H and O–H groups in total. The minimum absolute atomic E-state index is 0.0976. The molecule has 1 aromatic heterocycles. The summed E-state index contributed by atoms with van der Waals surface area (Å²) < 4.78 is 0. The van der Waals surface area contributed by atoms with Crippen molar-refractivity contribution in [2.45, 2.75) is 26.2 Å². The van der Waals surface area contributed by atoms with Gasteiger partial charge in [0.25, 0.3) is 0 Å². The van der Waals surface area contributed by atoms with Gasteiger partial charge in [0.2, 0.25) is 0 Å². The molecule has 0 fully saturated rings. The highest BCUT2D eigenvalue weighted by molar-refractivity contribution is 6.29. The molecule has 2 nitrogen and oxygen atoms in total. The minimum atomic E-state index is 0.0976. The zero-order valence-electron chi connectivity index (χ0n) is 10.9. The van der Waals surface area contributed by atoms with Crippen LogP contribution in [0.3, 0.4) is 0 Å². The molecule has 3 heteroatoms. The van der Waals surface area contributed by atoms with Crippen LogP contribution in [0, 0.1) is 0 Å². The van der Waals surface area contributed by atoms with Crippen molar-refractivity contribution in [3.8, 4) is 0 Å². The number of nitrogens with one attached hydrogen (secondary N) is 1. The van der Waals surface area contributed by atoms with Crippen molar-refractivity contribution < 1.29 is 0 Å². The lowest BCUT2D eigenvalue weighted by Gasteiger charge is -2.23. The fourth-order valence-electron chi connectivity index (χ4n) is 1.88. The van der Waals surface area contributed by atoms with Crippen LogP contribution in [-0.2, 0) is 5.41 Å². The first-order valence-electron chi connectivity index (χ1n) is 5.95. The predicted octanol–water partition coefficient (Wildman–Crippen LogP) is 4.78. The van der Waals surface area contributed by atoms with E-state index in [1.807, 2.05) is 18.2 Å². The van der Waals surface area contributed by atoms with Gasteiger partial charge in [-0.2, -0.15) is 0 Å². The zero-order chi connectivity index (χ0) is 13.2. The highest BCUT2D eigenvalue weighted by Crippen LogP contribution is 2.31. The van der Waals surface area contributed by atoms with Gasteiger partial charge in [0.15, 0.2) is 0 Å². The molecule has 0 saturated heterocycles. The van der Waals surface area contributed by atoms with Gasteiger partial charge in [-0.15, -0.1) is 0 Å². The first-order chi connectivity index (χ1) is 8.47. The summed E-state index contributed by atoms with van der Waals surface area (Å²) in [5, 5.41) is 3.89. The van der Waals surface area contributed by atoms with E-state index in [2.05, 4.69) is 49.3 Å². The summed E-state index contributed by atoms with van der Waals surface area (Å²) in [6.07, 6.45) is 1.70. The van der Waals surface area contributed by atoms with Crippen LogP contribution in [0.2, 0.25) is 5.15 Å². The molecule has 2 aromatic rings. The topological polar surface area (TPSA) is 24.9 Å². The van der Waals surface area contributed by atoms with Crippen molar-refractivity contribution >= 4 is 23.0 Å². The van der Waals surface area contributed by atoms with E-state index in [9.17, 15) is 0 Å². The molecule has 0 aliphatic heterocycles.